The molecule has 15 heavy (non-hydrogen) atoms. The summed E-state index contributed by atoms with van der Waals surface area (Å²) in [7, 11) is 0. The molecule has 84 valence electrons. The van der Waals surface area contributed by atoms with Crippen LogP contribution in [0.4, 0.5) is 0 Å². The van der Waals surface area contributed by atoms with Crippen molar-refractivity contribution in [2.75, 3.05) is 6.54 Å². The van der Waals surface area contributed by atoms with Crippen LogP contribution in [0.15, 0.2) is 27.6 Å². The zero-order chi connectivity index (χ0) is 11.3. The van der Waals surface area contributed by atoms with Crippen LogP contribution in [0.5, 0.6) is 0 Å². The lowest BCUT2D eigenvalue weighted by molar-refractivity contribution is 0.529. The molecule has 1 aromatic heterocycles. The van der Waals surface area contributed by atoms with E-state index in [1.165, 1.54) is 0 Å². The standard InChI is InChI=1S/C11H17BrN2O/c1-9(2)13-6-3-7-14-8-10(12)4-5-11(14)15/h4-5,8-9,13H,3,6-7H2,1-2H3. The Morgan fingerprint density at radius 3 is 2.87 bits per heavy atom. The maximum absolute atomic E-state index is 11.4. The van der Waals surface area contributed by atoms with Crippen LogP contribution in [-0.4, -0.2) is 17.2 Å². The van der Waals surface area contributed by atoms with Crippen LogP contribution in [0.3, 0.4) is 0 Å². The Hall–Kier alpha value is -0.610. The zero-order valence-corrected chi connectivity index (χ0v) is 10.8. The molecule has 1 aromatic rings. The van der Waals surface area contributed by atoms with E-state index >= 15 is 0 Å². The number of hydrogen-bond acceptors (Lipinski definition) is 2. The molecule has 0 spiro atoms. The van der Waals surface area contributed by atoms with Gasteiger partial charge in [-0.25, -0.2) is 0 Å². The fourth-order valence-corrected chi connectivity index (χ4v) is 1.70. The average molecular weight is 273 g/mol. The van der Waals surface area contributed by atoms with E-state index in [0.29, 0.717) is 6.04 Å². The number of pyridine rings is 1. The highest BCUT2D eigenvalue weighted by molar-refractivity contribution is 9.10. The van der Waals surface area contributed by atoms with Gasteiger partial charge in [0, 0.05) is 29.3 Å². The van der Waals surface area contributed by atoms with Crippen LogP contribution in [-0.2, 0) is 6.54 Å². The summed E-state index contributed by atoms with van der Waals surface area (Å²) in [6.07, 6.45) is 2.80. The van der Waals surface area contributed by atoms with E-state index in [-0.39, 0.29) is 5.56 Å². The fourth-order valence-electron chi connectivity index (χ4n) is 1.32. The fraction of sp³-hybridized carbons (Fsp3) is 0.545. The number of hydrogen-bond donors (Lipinski definition) is 1. The number of rotatable bonds is 5. The van der Waals surface area contributed by atoms with Crippen molar-refractivity contribution in [2.24, 2.45) is 0 Å². The molecule has 0 unspecified atom stereocenters. The molecule has 0 aromatic carbocycles. The van der Waals surface area contributed by atoms with Crippen molar-refractivity contribution < 1.29 is 0 Å². The number of nitrogens with one attached hydrogen (secondary N) is 1. The smallest absolute Gasteiger partial charge is 0.250 e. The first kappa shape index (κ1) is 12.5. The monoisotopic (exact) mass is 272 g/mol. The molecule has 0 fully saturated rings. The highest BCUT2D eigenvalue weighted by Crippen LogP contribution is 2.04. The second kappa shape index (κ2) is 6.08. The Morgan fingerprint density at radius 1 is 1.47 bits per heavy atom. The first-order valence-electron chi connectivity index (χ1n) is 5.19. The molecule has 3 nitrogen and oxygen atoms in total. The predicted molar refractivity (Wildman–Crippen MR) is 66.2 cm³/mol. The van der Waals surface area contributed by atoms with Crippen LogP contribution in [0.1, 0.15) is 20.3 Å². The van der Waals surface area contributed by atoms with Gasteiger partial charge in [-0.1, -0.05) is 13.8 Å². The first-order chi connectivity index (χ1) is 7.09. The Kier molecular flexibility index (Phi) is 5.05. The summed E-state index contributed by atoms with van der Waals surface area (Å²) >= 11 is 3.35. The second-order valence-corrected chi connectivity index (χ2v) is 4.76. The third-order valence-corrected chi connectivity index (χ3v) is 2.54. The molecule has 0 saturated heterocycles. The number of aryl methyl sites for hydroxylation is 1. The molecule has 1 heterocycles. The lowest BCUT2D eigenvalue weighted by Gasteiger charge is -2.09. The third kappa shape index (κ3) is 4.62. The Labute approximate surface area is 98.6 Å². The first-order valence-corrected chi connectivity index (χ1v) is 5.98. The molecule has 0 radical (unpaired) electrons. The van der Waals surface area contributed by atoms with Gasteiger partial charge in [-0.3, -0.25) is 4.79 Å². The van der Waals surface area contributed by atoms with Crippen molar-refractivity contribution in [3.8, 4) is 0 Å². The van der Waals surface area contributed by atoms with Gasteiger partial charge in [0.05, 0.1) is 0 Å². The van der Waals surface area contributed by atoms with Crippen molar-refractivity contribution >= 4 is 15.9 Å². The molecule has 0 amide bonds. The van der Waals surface area contributed by atoms with E-state index in [9.17, 15) is 4.79 Å². The highest BCUT2D eigenvalue weighted by Gasteiger charge is 1.97. The summed E-state index contributed by atoms with van der Waals surface area (Å²) in [6, 6.07) is 3.86. The van der Waals surface area contributed by atoms with Gasteiger partial charge in [-0.15, -0.1) is 0 Å². The molecule has 0 bridgehead atoms. The molecule has 0 atom stereocenters. The molecule has 1 N–H and O–H groups in total. The minimum atomic E-state index is 0.0581. The minimum Gasteiger partial charge on any atom is -0.314 e. The van der Waals surface area contributed by atoms with Crippen LogP contribution in [0.25, 0.3) is 0 Å². The van der Waals surface area contributed by atoms with Crippen LogP contribution in [0.2, 0.25) is 0 Å². The Morgan fingerprint density at radius 2 is 2.20 bits per heavy atom. The van der Waals surface area contributed by atoms with Gasteiger partial charge in [0.15, 0.2) is 0 Å². The van der Waals surface area contributed by atoms with Crippen molar-refractivity contribution in [1.82, 2.24) is 9.88 Å². The summed E-state index contributed by atoms with van der Waals surface area (Å²) in [4.78, 5) is 11.4. The topological polar surface area (TPSA) is 34.0 Å². The van der Waals surface area contributed by atoms with Crippen molar-refractivity contribution in [2.45, 2.75) is 32.9 Å². The van der Waals surface area contributed by atoms with E-state index in [2.05, 4.69) is 35.1 Å². The molecule has 0 saturated carbocycles. The van der Waals surface area contributed by atoms with Gasteiger partial charge in [0.25, 0.3) is 5.56 Å². The lowest BCUT2D eigenvalue weighted by atomic mass is 10.3. The van der Waals surface area contributed by atoms with Crippen LogP contribution in [0, 0.1) is 0 Å². The van der Waals surface area contributed by atoms with Crippen molar-refractivity contribution in [3.63, 3.8) is 0 Å². The SMILES string of the molecule is CC(C)NCCCn1cc(Br)ccc1=O. The van der Waals surface area contributed by atoms with E-state index in [0.717, 1.165) is 24.0 Å². The van der Waals surface area contributed by atoms with Crippen molar-refractivity contribution in [1.29, 1.82) is 0 Å². The van der Waals surface area contributed by atoms with Crippen LogP contribution < -0.4 is 10.9 Å². The quantitative estimate of drug-likeness (QED) is 0.832. The maximum atomic E-state index is 11.4. The number of aromatic nitrogens is 1. The lowest BCUT2D eigenvalue weighted by Crippen LogP contribution is -2.26. The van der Waals surface area contributed by atoms with E-state index in [1.807, 2.05) is 6.20 Å². The second-order valence-electron chi connectivity index (χ2n) is 3.84. The third-order valence-electron chi connectivity index (χ3n) is 2.08. The molecule has 0 aliphatic carbocycles. The molecule has 0 aliphatic heterocycles. The van der Waals surface area contributed by atoms with Gasteiger partial charge in [0.1, 0.15) is 0 Å². The largest absolute Gasteiger partial charge is 0.314 e. The summed E-state index contributed by atoms with van der Waals surface area (Å²) in [5, 5.41) is 3.32. The highest BCUT2D eigenvalue weighted by atomic mass is 79.9. The average Bonchev–Trinajstić information content (AvgIpc) is 2.17. The van der Waals surface area contributed by atoms with Gasteiger partial charge in [0.2, 0.25) is 0 Å². The normalized spacial score (nSPS) is 10.9. The van der Waals surface area contributed by atoms with Gasteiger partial charge < -0.3 is 9.88 Å². The van der Waals surface area contributed by atoms with E-state index in [1.54, 1.807) is 16.7 Å². The molecule has 1 rings (SSSR count). The number of nitrogens with zero attached hydrogens (tertiary/aromatic N) is 1. The maximum Gasteiger partial charge on any atom is 0.250 e. The van der Waals surface area contributed by atoms with Crippen molar-refractivity contribution in [3.05, 3.63) is 33.2 Å². The Bertz CT molecular complexity index is 360. The summed E-state index contributed by atoms with van der Waals surface area (Å²) < 4.78 is 2.67. The molecular formula is C11H17BrN2O. The van der Waals surface area contributed by atoms with Crippen LogP contribution >= 0.6 is 15.9 Å². The van der Waals surface area contributed by atoms with Gasteiger partial charge in [-0.05, 0) is 35.0 Å². The predicted octanol–water partition coefficient (Wildman–Crippen LogP) is 2.00. The summed E-state index contributed by atoms with van der Waals surface area (Å²) in [5.74, 6) is 0. The summed E-state index contributed by atoms with van der Waals surface area (Å²) in [5.41, 5.74) is 0.0581. The minimum absolute atomic E-state index is 0.0581. The molecule has 4 heteroatoms. The zero-order valence-electron chi connectivity index (χ0n) is 9.16. The summed E-state index contributed by atoms with van der Waals surface area (Å²) in [6.45, 7) is 5.94. The van der Waals surface area contributed by atoms with E-state index < -0.39 is 0 Å². The Balaban J connectivity index is 2.43. The van der Waals surface area contributed by atoms with Gasteiger partial charge >= 0.3 is 0 Å². The number of halogens is 1. The molecular weight excluding hydrogens is 256 g/mol. The van der Waals surface area contributed by atoms with Gasteiger partial charge in [-0.2, -0.15) is 0 Å². The molecule has 0 aliphatic rings. The van der Waals surface area contributed by atoms with E-state index in [4.69, 9.17) is 0 Å².